The Morgan fingerprint density at radius 1 is 1.35 bits per heavy atom. The van der Waals surface area contributed by atoms with Gasteiger partial charge in [0.1, 0.15) is 0 Å². The summed E-state index contributed by atoms with van der Waals surface area (Å²) >= 11 is 0. The zero-order chi connectivity index (χ0) is 12.3. The molecule has 1 aromatic carbocycles. The van der Waals surface area contributed by atoms with Gasteiger partial charge >= 0.3 is 0 Å². The van der Waals surface area contributed by atoms with Gasteiger partial charge in [-0.05, 0) is 23.8 Å². The van der Waals surface area contributed by atoms with Crippen molar-refractivity contribution in [3.8, 4) is 23.6 Å². The minimum Gasteiger partial charge on any atom is -0.454 e. The number of nitrogens with zero attached hydrogens (tertiary/aromatic N) is 2. The topological polar surface area (TPSA) is 86.3 Å². The van der Waals surface area contributed by atoms with E-state index in [1.54, 1.807) is 30.3 Å². The summed E-state index contributed by atoms with van der Waals surface area (Å²) in [4.78, 5) is 0. The molecular formula is C12H8N2O3. The van der Waals surface area contributed by atoms with E-state index in [9.17, 15) is 5.11 Å². The molecule has 1 aliphatic rings. The highest BCUT2D eigenvalue weighted by Gasteiger charge is 2.14. The number of hydrogen-bond acceptors (Lipinski definition) is 5. The third-order valence-corrected chi connectivity index (χ3v) is 2.26. The summed E-state index contributed by atoms with van der Waals surface area (Å²) in [5.41, 5.74) is 0.659. The summed E-state index contributed by atoms with van der Waals surface area (Å²) in [6.45, 7) is 0.175. The summed E-state index contributed by atoms with van der Waals surface area (Å²) in [5, 5.41) is 26.6. The van der Waals surface area contributed by atoms with Crippen molar-refractivity contribution in [2.45, 2.75) is 6.10 Å². The number of aliphatic hydroxyl groups excluding tert-OH is 1. The van der Waals surface area contributed by atoms with Crippen LogP contribution in [0.1, 0.15) is 5.56 Å². The van der Waals surface area contributed by atoms with E-state index in [1.807, 2.05) is 0 Å². The first-order valence-corrected chi connectivity index (χ1v) is 4.83. The molecule has 84 valence electrons. The summed E-state index contributed by atoms with van der Waals surface area (Å²) < 4.78 is 10.3. The molecule has 0 bridgehead atoms. The average Bonchev–Trinajstić information content (AvgIpc) is 2.82. The van der Waals surface area contributed by atoms with Crippen molar-refractivity contribution in [3.05, 3.63) is 29.3 Å². The van der Waals surface area contributed by atoms with Gasteiger partial charge in [0.2, 0.25) is 6.79 Å². The monoisotopic (exact) mass is 228 g/mol. The van der Waals surface area contributed by atoms with Gasteiger partial charge in [0.05, 0.1) is 17.7 Å². The van der Waals surface area contributed by atoms with Crippen molar-refractivity contribution in [1.29, 1.82) is 10.5 Å². The SMILES string of the molecule is N#C/C(=C\c1ccc2c(c1)OCO2)C(O)C#N. The Kier molecular flexibility index (Phi) is 2.95. The van der Waals surface area contributed by atoms with Crippen molar-refractivity contribution in [2.24, 2.45) is 0 Å². The van der Waals surface area contributed by atoms with Crippen LogP contribution in [0, 0.1) is 22.7 Å². The predicted octanol–water partition coefficient (Wildman–Crippen LogP) is 1.21. The lowest BCUT2D eigenvalue weighted by molar-refractivity contribution is 0.174. The summed E-state index contributed by atoms with van der Waals surface area (Å²) in [5.74, 6) is 1.23. The quantitative estimate of drug-likeness (QED) is 0.607. The summed E-state index contributed by atoms with van der Waals surface area (Å²) in [7, 11) is 0. The molecule has 0 spiro atoms. The van der Waals surface area contributed by atoms with Crippen LogP contribution < -0.4 is 9.47 Å². The summed E-state index contributed by atoms with van der Waals surface area (Å²) in [6.07, 6.45) is 0.0287. The second-order valence-corrected chi connectivity index (χ2v) is 3.36. The number of aliphatic hydroxyl groups is 1. The zero-order valence-electron chi connectivity index (χ0n) is 8.75. The summed E-state index contributed by atoms with van der Waals surface area (Å²) in [6, 6.07) is 8.49. The van der Waals surface area contributed by atoms with Crippen LogP contribution in [0.5, 0.6) is 11.5 Å². The van der Waals surface area contributed by atoms with Crippen molar-refractivity contribution in [2.75, 3.05) is 6.79 Å². The van der Waals surface area contributed by atoms with E-state index in [0.717, 1.165) is 0 Å². The molecular weight excluding hydrogens is 220 g/mol. The first kappa shape index (κ1) is 11.0. The maximum atomic E-state index is 9.26. The van der Waals surface area contributed by atoms with E-state index >= 15 is 0 Å². The fourth-order valence-corrected chi connectivity index (χ4v) is 1.42. The van der Waals surface area contributed by atoms with E-state index in [-0.39, 0.29) is 12.4 Å². The Balaban J connectivity index is 2.33. The lowest BCUT2D eigenvalue weighted by Crippen LogP contribution is -2.04. The number of rotatable bonds is 2. The molecule has 0 aromatic heterocycles. The third-order valence-electron chi connectivity index (χ3n) is 2.26. The molecule has 0 aliphatic carbocycles. The fraction of sp³-hybridized carbons (Fsp3) is 0.167. The molecule has 0 fully saturated rings. The number of fused-ring (bicyclic) bond motifs is 1. The van der Waals surface area contributed by atoms with E-state index in [2.05, 4.69) is 0 Å². The van der Waals surface area contributed by atoms with Crippen LogP contribution in [0.4, 0.5) is 0 Å². The molecule has 1 unspecified atom stereocenters. The van der Waals surface area contributed by atoms with E-state index < -0.39 is 6.10 Å². The lowest BCUT2D eigenvalue weighted by Gasteiger charge is -2.01. The number of ether oxygens (including phenoxy) is 2. The Morgan fingerprint density at radius 3 is 2.82 bits per heavy atom. The molecule has 5 heteroatoms. The maximum Gasteiger partial charge on any atom is 0.231 e. The van der Waals surface area contributed by atoms with Crippen LogP contribution in [0.3, 0.4) is 0 Å². The molecule has 0 radical (unpaired) electrons. The molecule has 5 nitrogen and oxygen atoms in total. The average molecular weight is 228 g/mol. The third kappa shape index (κ3) is 2.20. The molecule has 0 saturated carbocycles. The first-order chi connectivity index (χ1) is 8.24. The second kappa shape index (κ2) is 4.56. The van der Waals surface area contributed by atoms with Crippen LogP contribution in [-0.2, 0) is 0 Å². The minimum atomic E-state index is -1.41. The van der Waals surface area contributed by atoms with Gasteiger partial charge in [0.25, 0.3) is 0 Å². The second-order valence-electron chi connectivity index (χ2n) is 3.36. The molecule has 1 aromatic rings. The number of nitriles is 2. The molecule has 1 atom stereocenters. The predicted molar refractivity (Wildman–Crippen MR) is 57.8 cm³/mol. The minimum absolute atomic E-state index is 0.00800. The normalized spacial score (nSPS) is 14.9. The van der Waals surface area contributed by atoms with Crippen LogP contribution in [-0.4, -0.2) is 18.0 Å². The standard InChI is InChI=1S/C12H8N2O3/c13-5-9(10(15)6-14)3-8-1-2-11-12(4-8)17-7-16-11/h1-4,10,15H,7H2/b9-3+. The van der Waals surface area contributed by atoms with Gasteiger partial charge < -0.3 is 14.6 Å². The van der Waals surface area contributed by atoms with Gasteiger partial charge in [0.15, 0.2) is 17.6 Å². The number of hydrogen-bond donors (Lipinski definition) is 1. The Labute approximate surface area is 97.7 Å². The van der Waals surface area contributed by atoms with Gasteiger partial charge in [-0.25, -0.2) is 0 Å². The largest absolute Gasteiger partial charge is 0.454 e. The first-order valence-electron chi connectivity index (χ1n) is 4.83. The van der Waals surface area contributed by atoms with Crippen LogP contribution in [0.25, 0.3) is 6.08 Å². The molecule has 1 N–H and O–H groups in total. The molecule has 1 heterocycles. The van der Waals surface area contributed by atoms with Crippen molar-refractivity contribution < 1.29 is 14.6 Å². The highest BCUT2D eigenvalue weighted by atomic mass is 16.7. The fourth-order valence-electron chi connectivity index (χ4n) is 1.42. The van der Waals surface area contributed by atoms with Gasteiger partial charge in [-0.1, -0.05) is 6.07 Å². The lowest BCUT2D eigenvalue weighted by atomic mass is 10.1. The van der Waals surface area contributed by atoms with Gasteiger partial charge in [-0.3, -0.25) is 0 Å². The smallest absolute Gasteiger partial charge is 0.231 e. The zero-order valence-corrected chi connectivity index (χ0v) is 8.75. The van der Waals surface area contributed by atoms with Crippen molar-refractivity contribution in [3.63, 3.8) is 0 Å². The molecule has 0 amide bonds. The molecule has 17 heavy (non-hydrogen) atoms. The van der Waals surface area contributed by atoms with E-state index in [0.29, 0.717) is 17.1 Å². The molecule has 2 rings (SSSR count). The maximum absolute atomic E-state index is 9.26. The van der Waals surface area contributed by atoms with Crippen LogP contribution >= 0.6 is 0 Å². The highest BCUT2D eigenvalue weighted by Crippen LogP contribution is 2.33. The molecule has 1 aliphatic heterocycles. The van der Waals surface area contributed by atoms with Crippen LogP contribution in [0.15, 0.2) is 23.8 Å². The molecule has 0 saturated heterocycles. The van der Waals surface area contributed by atoms with Crippen LogP contribution in [0.2, 0.25) is 0 Å². The van der Waals surface area contributed by atoms with Crippen molar-refractivity contribution >= 4 is 6.08 Å². The highest BCUT2D eigenvalue weighted by molar-refractivity contribution is 5.62. The van der Waals surface area contributed by atoms with Crippen molar-refractivity contribution in [1.82, 2.24) is 0 Å². The Hall–Kier alpha value is -2.50. The number of benzene rings is 1. The van der Waals surface area contributed by atoms with E-state index in [4.69, 9.17) is 20.0 Å². The van der Waals surface area contributed by atoms with Gasteiger partial charge in [0, 0.05) is 0 Å². The Morgan fingerprint density at radius 2 is 2.12 bits per heavy atom. The van der Waals surface area contributed by atoms with Gasteiger partial charge in [-0.2, -0.15) is 10.5 Å². The van der Waals surface area contributed by atoms with E-state index in [1.165, 1.54) is 6.08 Å². The van der Waals surface area contributed by atoms with Gasteiger partial charge in [-0.15, -0.1) is 0 Å². The Bertz CT molecular complexity index is 552.